The van der Waals surface area contributed by atoms with E-state index in [4.69, 9.17) is 18.7 Å². The molecular weight excluding hydrogens is 428 g/mol. The van der Waals surface area contributed by atoms with Gasteiger partial charge >= 0.3 is 11.9 Å². The number of hydrogen-bond donors (Lipinski definition) is 1. The van der Waals surface area contributed by atoms with Crippen molar-refractivity contribution in [3.8, 4) is 5.75 Å². The Hall–Kier alpha value is -4.14. The SMILES string of the molecule is CCOC(=O)c1ccc(NC(=O)COC(=O)c2ccc(OCc3c(C)noc3C)cc2)cc1. The van der Waals surface area contributed by atoms with Gasteiger partial charge in [-0.2, -0.15) is 0 Å². The second kappa shape index (κ2) is 10.9. The topological polar surface area (TPSA) is 117 Å². The summed E-state index contributed by atoms with van der Waals surface area (Å²) >= 11 is 0. The summed E-state index contributed by atoms with van der Waals surface area (Å²) in [5, 5.41) is 6.47. The lowest BCUT2D eigenvalue weighted by Crippen LogP contribution is -2.21. The smallest absolute Gasteiger partial charge is 0.338 e. The second-order valence-electron chi connectivity index (χ2n) is 7.04. The number of benzene rings is 2. The molecule has 1 heterocycles. The van der Waals surface area contributed by atoms with Crippen molar-refractivity contribution in [1.82, 2.24) is 5.16 Å². The van der Waals surface area contributed by atoms with Crippen LogP contribution >= 0.6 is 0 Å². The largest absolute Gasteiger partial charge is 0.489 e. The Bertz CT molecular complexity index is 1100. The fraction of sp³-hybridized carbons (Fsp3) is 0.250. The van der Waals surface area contributed by atoms with Gasteiger partial charge in [0.1, 0.15) is 18.1 Å². The lowest BCUT2D eigenvalue weighted by atomic mass is 10.2. The zero-order chi connectivity index (χ0) is 23.8. The summed E-state index contributed by atoms with van der Waals surface area (Å²) in [4.78, 5) is 35.9. The van der Waals surface area contributed by atoms with Crippen molar-refractivity contribution in [1.29, 1.82) is 0 Å². The second-order valence-corrected chi connectivity index (χ2v) is 7.04. The fourth-order valence-corrected chi connectivity index (χ4v) is 2.87. The lowest BCUT2D eigenvalue weighted by molar-refractivity contribution is -0.119. The Kier molecular flexibility index (Phi) is 7.80. The maximum atomic E-state index is 12.2. The van der Waals surface area contributed by atoms with Crippen LogP contribution in [0.5, 0.6) is 5.75 Å². The summed E-state index contributed by atoms with van der Waals surface area (Å²) in [7, 11) is 0. The van der Waals surface area contributed by atoms with Gasteiger partial charge in [0.05, 0.1) is 29.0 Å². The highest BCUT2D eigenvalue weighted by molar-refractivity contribution is 5.96. The van der Waals surface area contributed by atoms with Crippen LogP contribution in [-0.4, -0.2) is 36.2 Å². The van der Waals surface area contributed by atoms with Crippen LogP contribution in [0.25, 0.3) is 0 Å². The molecule has 9 nitrogen and oxygen atoms in total. The number of carbonyl (C=O) groups is 3. The van der Waals surface area contributed by atoms with Crippen LogP contribution in [0.3, 0.4) is 0 Å². The normalized spacial score (nSPS) is 10.4. The quantitative estimate of drug-likeness (QED) is 0.487. The third-order valence-electron chi connectivity index (χ3n) is 4.67. The van der Waals surface area contributed by atoms with Crippen LogP contribution in [0.15, 0.2) is 53.1 Å². The number of hydrogen-bond acceptors (Lipinski definition) is 8. The Morgan fingerprint density at radius 2 is 1.52 bits per heavy atom. The van der Waals surface area contributed by atoms with Gasteiger partial charge < -0.3 is 24.1 Å². The predicted octanol–water partition coefficient (Wildman–Crippen LogP) is 3.84. The van der Waals surface area contributed by atoms with Crippen LogP contribution in [0.4, 0.5) is 5.69 Å². The molecule has 0 bridgehead atoms. The molecule has 0 fully saturated rings. The van der Waals surface area contributed by atoms with Gasteiger partial charge in [0.2, 0.25) is 0 Å². The van der Waals surface area contributed by atoms with Gasteiger partial charge in [-0.25, -0.2) is 9.59 Å². The van der Waals surface area contributed by atoms with Crippen LogP contribution in [-0.2, 0) is 20.9 Å². The number of ether oxygens (including phenoxy) is 3. The Morgan fingerprint density at radius 3 is 2.09 bits per heavy atom. The first-order chi connectivity index (χ1) is 15.9. The van der Waals surface area contributed by atoms with Crippen molar-refractivity contribution in [2.45, 2.75) is 27.4 Å². The van der Waals surface area contributed by atoms with Crippen molar-refractivity contribution in [3.63, 3.8) is 0 Å². The van der Waals surface area contributed by atoms with E-state index in [9.17, 15) is 14.4 Å². The minimum absolute atomic E-state index is 0.279. The molecule has 1 N–H and O–H groups in total. The van der Waals surface area contributed by atoms with E-state index in [0.29, 0.717) is 29.4 Å². The molecule has 3 aromatic rings. The monoisotopic (exact) mass is 452 g/mol. The molecule has 2 aromatic carbocycles. The number of aryl methyl sites for hydroxylation is 2. The van der Waals surface area contributed by atoms with Crippen LogP contribution in [0.2, 0.25) is 0 Å². The summed E-state index contributed by atoms with van der Waals surface area (Å²) < 4.78 is 20.8. The minimum Gasteiger partial charge on any atom is -0.489 e. The number of nitrogens with one attached hydrogen (secondary N) is 1. The average molecular weight is 452 g/mol. The highest BCUT2D eigenvalue weighted by Gasteiger charge is 2.13. The molecule has 0 saturated carbocycles. The van der Waals surface area contributed by atoms with Gasteiger partial charge in [-0.05, 0) is 69.3 Å². The zero-order valence-corrected chi connectivity index (χ0v) is 18.5. The van der Waals surface area contributed by atoms with E-state index in [1.54, 1.807) is 43.3 Å². The fourth-order valence-electron chi connectivity index (χ4n) is 2.87. The molecule has 0 saturated heterocycles. The number of carbonyl (C=O) groups excluding carboxylic acids is 3. The van der Waals surface area contributed by atoms with Crippen molar-refractivity contribution < 1.29 is 33.1 Å². The van der Waals surface area contributed by atoms with Crippen molar-refractivity contribution in [3.05, 3.63) is 76.7 Å². The van der Waals surface area contributed by atoms with E-state index in [0.717, 1.165) is 11.3 Å². The lowest BCUT2D eigenvalue weighted by Gasteiger charge is -2.09. The Labute approximate surface area is 190 Å². The minimum atomic E-state index is -0.639. The van der Waals surface area contributed by atoms with Crippen LogP contribution in [0.1, 0.15) is 44.7 Å². The molecular formula is C24H24N2O7. The molecule has 3 rings (SSSR count). The zero-order valence-electron chi connectivity index (χ0n) is 18.5. The number of anilines is 1. The molecule has 0 atom stereocenters. The molecule has 1 aromatic heterocycles. The van der Waals surface area contributed by atoms with Crippen molar-refractivity contribution >= 4 is 23.5 Å². The van der Waals surface area contributed by atoms with E-state index in [1.807, 2.05) is 13.8 Å². The highest BCUT2D eigenvalue weighted by Crippen LogP contribution is 2.18. The van der Waals surface area contributed by atoms with Gasteiger partial charge in [-0.15, -0.1) is 0 Å². The summed E-state index contributed by atoms with van der Waals surface area (Å²) in [6, 6.07) is 12.6. The molecule has 33 heavy (non-hydrogen) atoms. The van der Waals surface area contributed by atoms with E-state index < -0.39 is 24.5 Å². The van der Waals surface area contributed by atoms with Gasteiger partial charge in [-0.1, -0.05) is 5.16 Å². The Balaban J connectivity index is 1.46. The van der Waals surface area contributed by atoms with Gasteiger partial charge in [-0.3, -0.25) is 4.79 Å². The number of esters is 2. The maximum absolute atomic E-state index is 12.2. The summed E-state index contributed by atoms with van der Waals surface area (Å²) in [6.45, 7) is 5.49. The van der Waals surface area contributed by atoms with E-state index >= 15 is 0 Å². The summed E-state index contributed by atoms with van der Waals surface area (Å²) in [6.07, 6.45) is 0. The number of aromatic nitrogens is 1. The third kappa shape index (κ3) is 6.42. The Morgan fingerprint density at radius 1 is 0.909 bits per heavy atom. The first-order valence-electron chi connectivity index (χ1n) is 10.3. The molecule has 0 unspecified atom stereocenters. The van der Waals surface area contributed by atoms with Crippen molar-refractivity contribution in [2.24, 2.45) is 0 Å². The molecule has 0 aliphatic rings. The molecule has 0 aliphatic carbocycles. The average Bonchev–Trinajstić information content (AvgIpc) is 3.14. The van der Waals surface area contributed by atoms with Gasteiger partial charge in [0.15, 0.2) is 6.61 Å². The third-order valence-corrected chi connectivity index (χ3v) is 4.67. The molecule has 1 amide bonds. The maximum Gasteiger partial charge on any atom is 0.338 e. The first kappa shape index (κ1) is 23.5. The number of nitrogens with zero attached hydrogens (tertiary/aromatic N) is 1. The number of rotatable bonds is 9. The van der Waals surface area contributed by atoms with Crippen LogP contribution < -0.4 is 10.1 Å². The molecule has 0 radical (unpaired) electrons. The molecule has 0 aliphatic heterocycles. The first-order valence-corrected chi connectivity index (χ1v) is 10.3. The van der Waals surface area contributed by atoms with Gasteiger partial charge in [0.25, 0.3) is 5.91 Å². The molecule has 9 heteroatoms. The summed E-state index contributed by atoms with van der Waals surface area (Å²) in [5.41, 5.74) is 2.76. The van der Waals surface area contributed by atoms with E-state index in [2.05, 4.69) is 10.5 Å². The van der Waals surface area contributed by atoms with Crippen LogP contribution in [0, 0.1) is 13.8 Å². The van der Waals surface area contributed by atoms with E-state index in [1.165, 1.54) is 12.1 Å². The van der Waals surface area contributed by atoms with E-state index in [-0.39, 0.29) is 12.2 Å². The molecule has 0 spiro atoms. The number of amides is 1. The standard InChI is InChI=1S/C24H24N2O7/c1-4-30-23(28)17-5-9-19(10-6-17)25-22(27)14-32-24(29)18-7-11-20(12-8-18)31-13-21-15(2)26-33-16(21)3/h5-12H,4,13-14H2,1-3H3,(H,25,27). The summed E-state index contributed by atoms with van der Waals surface area (Å²) in [5.74, 6) is -0.326. The van der Waals surface area contributed by atoms with Crippen molar-refractivity contribution in [2.75, 3.05) is 18.5 Å². The highest BCUT2D eigenvalue weighted by atomic mass is 16.5. The predicted molar refractivity (Wildman–Crippen MR) is 118 cm³/mol. The van der Waals surface area contributed by atoms with Gasteiger partial charge in [0, 0.05) is 5.69 Å². The molecule has 172 valence electrons.